The van der Waals surface area contributed by atoms with Crippen LogP contribution in [0.1, 0.15) is 18.4 Å². The molecule has 0 N–H and O–H groups in total. The maximum absolute atomic E-state index is 8.62. The Kier molecular flexibility index (Phi) is 3.27. The molecule has 0 atom stereocenters. The van der Waals surface area contributed by atoms with E-state index >= 15 is 0 Å². The molecule has 2 nitrogen and oxygen atoms in total. The summed E-state index contributed by atoms with van der Waals surface area (Å²) in [7, 11) is 0. The van der Waals surface area contributed by atoms with Crippen molar-refractivity contribution < 1.29 is 4.74 Å². The minimum absolute atomic E-state index is 0.430. The highest BCUT2D eigenvalue weighted by Gasteiger charge is 2.21. The van der Waals surface area contributed by atoms with E-state index in [1.807, 2.05) is 18.2 Å². The molecule has 0 aliphatic heterocycles. The minimum Gasteiger partial charge on any atom is -0.493 e. The predicted molar refractivity (Wildman–Crippen MR) is 61.7 cm³/mol. The lowest BCUT2D eigenvalue weighted by Gasteiger charge is -2.07. The standard InChI is InChI=1S/C12H12BrNO/c13-11-5-10(3-4-14)6-12(7-11)15-8-9-1-2-9/h5-7,9H,1-3,8H2. The second-order valence-electron chi connectivity index (χ2n) is 3.88. The summed E-state index contributed by atoms with van der Waals surface area (Å²) in [5, 5.41) is 8.62. The van der Waals surface area contributed by atoms with Crippen LogP contribution in [0.3, 0.4) is 0 Å². The molecule has 15 heavy (non-hydrogen) atoms. The zero-order valence-electron chi connectivity index (χ0n) is 8.37. The summed E-state index contributed by atoms with van der Waals surface area (Å²) >= 11 is 3.42. The second-order valence-corrected chi connectivity index (χ2v) is 4.80. The van der Waals surface area contributed by atoms with Crippen molar-refractivity contribution in [2.75, 3.05) is 6.61 Å². The van der Waals surface area contributed by atoms with Gasteiger partial charge < -0.3 is 4.74 Å². The highest BCUT2D eigenvalue weighted by atomic mass is 79.9. The van der Waals surface area contributed by atoms with Crippen molar-refractivity contribution in [1.29, 1.82) is 5.26 Å². The average Bonchev–Trinajstić information content (AvgIpc) is 2.98. The van der Waals surface area contributed by atoms with Crippen LogP contribution in [-0.2, 0) is 6.42 Å². The summed E-state index contributed by atoms with van der Waals surface area (Å²) in [6.07, 6.45) is 3.01. The molecule has 0 amide bonds. The number of nitriles is 1. The van der Waals surface area contributed by atoms with E-state index in [2.05, 4.69) is 22.0 Å². The molecule has 0 radical (unpaired) electrons. The van der Waals surface area contributed by atoms with Crippen LogP contribution >= 0.6 is 15.9 Å². The van der Waals surface area contributed by atoms with E-state index in [0.717, 1.165) is 28.3 Å². The Bertz CT molecular complexity index is 393. The lowest BCUT2D eigenvalue weighted by atomic mass is 10.1. The van der Waals surface area contributed by atoms with Crippen LogP contribution in [0.5, 0.6) is 5.75 Å². The number of rotatable bonds is 4. The lowest BCUT2D eigenvalue weighted by Crippen LogP contribution is -1.99. The molecule has 0 heterocycles. The normalized spacial score (nSPS) is 14.7. The average molecular weight is 266 g/mol. The van der Waals surface area contributed by atoms with Gasteiger partial charge in [-0.25, -0.2) is 0 Å². The first-order valence-corrected chi connectivity index (χ1v) is 5.86. The van der Waals surface area contributed by atoms with Crippen LogP contribution in [0.2, 0.25) is 0 Å². The maximum atomic E-state index is 8.62. The number of nitrogens with zero attached hydrogens (tertiary/aromatic N) is 1. The fraction of sp³-hybridized carbons (Fsp3) is 0.417. The molecule has 2 rings (SSSR count). The molecule has 3 heteroatoms. The molecule has 0 unspecified atom stereocenters. The third-order valence-corrected chi connectivity index (χ3v) is 2.85. The van der Waals surface area contributed by atoms with Gasteiger partial charge in [-0.3, -0.25) is 0 Å². The monoisotopic (exact) mass is 265 g/mol. The topological polar surface area (TPSA) is 33.0 Å². The zero-order valence-corrected chi connectivity index (χ0v) is 9.96. The molecule has 0 spiro atoms. The van der Waals surface area contributed by atoms with Gasteiger partial charge in [-0.15, -0.1) is 0 Å². The molecule has 0 aromatic heterocycles. The third-order valence-electron chi connectivity index (χ3n) is 2.40. The maximum Gasteiger partial charge on any atom is 0.120 e. The Morgan fingerprint density at radius 3 is 2.87 bits per heavy atom. The second kappa shape index (κ2) is 4.67. The van der Waals surface area contributed by atoms with Crippen molar-refractivity contribution in [2.24, 2.45) is 5.92 Å². The number of benzene rings is 1. The van der Waals surface area contributed by atoms with Gasteiger partial charge in [-0.1, -0.05) is 15.9 Å². The first kappa shape index (κ1) is 10.5. The fourth-order valence-corrected chi connectivity index (χ4v) is 1.92. The van der Waals surface area contributed by atoms with Crippen molar-refractivity contribution in [1.82, 2.24) is 0 Å². The Hall–Kier alpha value is -1.01. The van der Waals surface area contributed by atoms with Crippen molar-refractivity contribution in [2.45, 2.75) is 19.3 Å². The van der Waals surface area contributed by atoms with Crippen LogP contribution in [-0.4, -0.2) is 6.61 Å². The van der Waals surface area contributed by atoms with Crippen LogP contribution < -0.4 is 4.74 Å². The molecule has 0 bridgehead atoms. The Labute approximate surface area is 98.0 Å². The highest BCUT2D eigenvalue weighted by molar-refractivity contribution is 9.10. The molecule has 0 saturated heterocycles. The molecule has 1 saturated carbocycles. The highest BCUT2D eigenvalue weighted by Crippen LogP contribution is 2.30. The van der Waals surface area contributed by atoms with Gasteiger partial charge in [0.15, 0.2) is 0 Å². The SMILES string of the molecule is N#CCc1cc(Br)cc(OCC2CC2)c1. The molecule has 1 aromatic carbocycles. The first-order valence-electron chi connectivity index (χ1n) is 5.07. The van der Waals surface area contributed by atoms with E-state index < -0.39 is 0 Å². The van der Waals surface area contributed by atoms with Gasteiger partial charge in [0, 0.05) is 4.47 Å². The van der Waals surface area contributed by atoms with Crippen molar-refractivity contribution in [3.8, 4) is 11.8 Å². The molecule has 1 aliphatic rings. The third kappa shape index (κ3) is 3.24. The Balaban J connectivity index is 2.04. The van der Waals surface area contributed by atoms with Gasteiger partial charge in [0.1, 0.15) is 5.75 Å². The summed E-state index contributed by atoms with van der Waals surface area (Å²) in [5.41, 5.74) is 0.998. The summed E-state index contributed by atoms with van der Waals surface area (Å²) in [5.74, 6) is 1.62. The van der Waals surface area contributed by atoms with Crippen LogP contribution in [0.4, 0.5) is 0 Å². The molecule has 1 aliphatic carbocycles. The van der Waals surface area contributed by atoms with Crippen molar-refractivity contribution in [3.05, 3.63) is 28.2 Å². The van der Waals surface area contributed by atoms with E-state index in [-0.39, 0.29) is 0 Å². The summed E-state index contributed by atoms with van der Waals surface area (Å²) in [4.78, 5) is 0. The van der Waals surface area contributed by atoms with E-state index in [9.17, 15) is 0 Å². The molecule has 78 valence electrons. The summed E-state index contributed by atoms with van der Waals surface area (Å²) < 4.78 is 6.63. The molecular formula is C12H12BrNO. The van der Waals surface area contributed by atoms with Gasteiger partial charge >= 0.3 is 0 Å². The molecule has 1 aromatic rings. The summed E-state index contributed by atoms with van der Waals surface area (Å²) in [6, 6.07) is 7.98. The van der Waals surface area contributed by atoms with Crippen molar-refractivity contribution >= 4 is 15.9 Å². The van der Waals surface area contributed by atoms with Crippen LogP contribution in [0, 0.1) is 17.2 Å². The van der Waals surface area contributed by atoms with E-state index in [4.69, 9.17) is 10.00 Å². The number of halogens is 1. The summed E-state index contributed by atoms with van der Waals surface area (Å²) in [6.45, 7) is 0.808. The van der Waals surface area contributed by atoms with Crippen LogP contribution in [0.15, 0.2) is 22.7 Å². The van der Waals surface area contributed by atoms with Crippen LogP contribution in [0.25, 0.3) is 0 Å². The van der Waals surface area contributed by atoms with E-state index in [1.54, 1.807) is 0 Å². The lowest BCUT2D eigenvalue weighted by molar-refractivity contribution is 0.299. The predicted octanol–water partition coefficient (Wildman–Crippen LogP) is 3.30. The van der Waals surface area contributed by atoms with Gasteiger partial charge in [0.2, 0.25) is 0 Å². The van der Waals surface area contributed by atoms with E-state index in [0.29, 0.717) is 6.42 Å². The minimum atomic E-state index is 0.430. The molecule has 1 fully saturated rings. The molecular weight excluding hydrogens is 254 g/mol. The van der Waals surface area contributed by atoms with Gasteiger partial charge in [0.25, 0.3) is 0 Å². The number of hydrogen-bond acceptors (Lipinski definition) is 2. The number of hydrogen-bond donors (Lipinski definition) is 0. The smallest absolute Gasteiger partial charge is 0.120 e. The number of ether oxygens (including phenoxy) is 1. The fourth-order valence-electron chi connectivity index (χ4n) is 1.40. The van der Waals surface area contributed by atoms with Gasteiger partial charge in [-0.05, 0) is 42.5 Å². The van der Waals surface area contributed by atoms with Crippen molar-refractivity contribution in [3.63, 3.8) is 0 Å². The zero-order chi connectivity index (χ0) is 10.7. The Morgan fingerprint density at radius 1 is 1.40 bits per heavy atom. The van der Waals surface area contributed by atoms with Gasteiger partial charge in [-0.2, -0.15) is 5.26 Å². The van der Waals surface area contributed by atoms with E-state index in [1.165, 1.54) is 12.8 Å². The first-order chi connectivity index (χ1) is 7.28. The van der Waals surface area contributed by atoms with Gasteiger partial charge in [0.05, 0.1) is 19.1 Å². The Morgan fingerprint density at radius 2 is 2.20 bits per heavy atom. The quantitative estimate of drug-likeness (QED) is 0.837. The largest absolute Gasteiger partial charge is 0.493 e.